The van der Waals surface area contributed by atoms with Crippen molar-refractivity contribution in [2.75, 3.05) is 0 Å². The molecular weight excluding hydrogens is 336 g/mol. The maximum absolute atomic E-state index is 11.8. The van der Waals surface area contributed by atoms with Crippen LogP contribution in [0.4, 0.5) is 0 Å². The normalized spacial score (nSPS) is 12.5. The van der Waals surface area contributed by atoms with E-state index >= 15 is 0 Å². The SMILES string of the molecule is O=S(=O)(O)c1cc2oc3ccc4ccccc4c3c2c2ccccc12. The van der Waals surface area contributed by atoms with Crippen LogP contribution in [-0.4, -0.2) is 13.0 Å². The standard InChI is InChI=1S/C20H12O4S/c21-25(22,23)18-11-17-20(15-8-4-3-7-14(15)18)19-13-6-2-1-5-12(13)9-10-16(19)24-17/h1-11H,(H,21,22,23). The number of hydrogen-bond donors (Lipinski definition) is 1. The van der Waals surface area contributed by atoms with E-state index in [-0.39, 0.29) is 4.90 Å². The highest BCUT2D eigenvalue weighted by Gasteiger charge is 2.20. The molecular formula is C20H12O4S. The van der Waals surface area contributed by atoms with Crippen molar-refractivity contribution in [3.05, 3.63) is 66.7 Å². The monoisotopic (exact) mass is 348 g/mol. The van der Waals surface area contributed by atoms with E-state index in [0.717, 1.165) is 26.9 Å². The maximum Gasteiger partial charge on any atom is 0.295 e. The van der Waals surface area contributed by atoms with Crippen LogP contribution in [-0.2, 0) is 10.1 Å². The average Bonchev–Trinajstić information content (AvgIpc) is 2.99. The molecule has 4 aromatic carbocycles. The first-order chi connectivity index (χ1) is 12.0. The zero-order chi connectivity index (χ0) is 17.2. The van der Waals surface area contributed by atoms with Crippen LogP contribution in [0.5, 0.6) is 0 Å². The predicted molar refractivity (Wildman–Crippen MR) is 98.5 cm³/mol. The van der Waals surface area contributed by atoms with Crippen LogP contribution < -0.4 is 0 Å². The number of benzene rings is 4. The van der Waals surface area contributed by atoms with Crippen molar-refractivity contribution < 1.29 is 17.4 Å². The lowest BCUT2D eigenvalue weighted by Gasteiger charge is -2.06. The molecule has 0 amide bonds. The molecule has 1 N–H and O–H groups in total. The fourth-order valence-corrected chi connectivity index (χ4v) is 4.29. The van der Waals surface area contributed by atoms with Crippen molar-refractivity contribution in [2.24, 2.45) is 0 Å². The van der Waals surface area contributed by atoms with Gasteiger partial charge in [-0.15, -0.1) is 0 Å². The van der Waals surface area contributed by atoms with Crippen LogP contribution in [0.1, 0.15) is 0 Å². The molecule has 0 aliphatic rings. The molecule has 4 nitrogen and oxygen atoms in total. The Bertz CT molecular complexity index is 1410. The summed E-state index contributed by atoms with van der Waals surface area (Å²) >= 11 is 0. The highest BCUT2D eigenvalue weighted by molar-refractivity contribution is 7.86. The molecule has 0 fully saturated rings. The van der Waals surface area contributed by atoms with E-state index in [1.807, 2.05) is 48.5 Å². The summed E-state index contributed by atoms with van der Waals surface area (Å²) in [6.07, 6.45) is 0. The van der Waals surface area contributed by atoms with Gasteiger partial charge in [-0.3, -0.25) is 4.55 Å². The summed E-state index contributed by atoms with van der Waals surface area (Å²) in [7, 11) is -4.36. The molecule has 0 saturated heterocycles. The van der Waals surface area contributed by atoms with Crippen molar-refractivity contribution in [3.8, 4) is 0 Å². The van der Waals surface area contributed by atoms with Gasteiger partial charge in [0.05, 0.1) is 0 Å². The van der Waals surface area contributed by atoms with Gasteiger partial charge in [0, 0.05) is 22.2 Å². The summed E-state index contributed by atoms with van der Waals surface area (Å²) in [5.74, 6) is 0. The van der Waals surface area contributed by atoms with Crippen LogP contribution in [0.3, 0.4) is 0 Å². The van der Waals surface area contributed by atoms with Crippen LogP contribution in [0, 0.1) is 0 Å². The Labute approximate surface area is 143 Å². The largest absolute Gasteiger partial charge is 0.456 e. The zero-order valence-electron chi connectivity index (χ0n) is 12.9. The number of furan rings is 1. The van der Waals surface area contributed by atoms with Crippen LogP contribution >= 0.6 is 0 Å². The summed E-state index contributed by atoms with van der Waals surface area (Å²) in [5.41, 5.74) is 1.13. The Morgan fingerprint density at radius 3 is 2.12 bits per heavy atom. The van der Waals surface area contributed by atoms with Gasteiger partial charge in [-0.1, -0.05) is 54.6 Å². The molecule has 0 aliphatic carbocycles. The molecule has 5 heteroatoms. The van der Waals surface area contributed by atoms with Gasteiger partial charge in [0.25, 0.3) is 10.1 Å². The van der Waals surface area contributed by atoms with Crippen LogP contribution in [0.25, 0.3) is 43.5 Å². The first-order valence-electron chi connectivity index (χ1n) is 7.77. The molecule has 122 valence electrons. The zero-order valence-corrected chi connectivity index (χ0v) is 13.7. The lowest BCUT2D eigenvalue weighted by Crippen LogP contribution is -1.99. The minimum Gasteiger partial charge on any atom is -0.456 e. The number of fused-ring (bicyclic) bond motifs is 7. The Balaban J connectivity index is 2.14. The van der Waals surface area contributed by atoms with E-state index in [4.69, 9.17) is 4.42 Å². The van der Waals surface area contributed by atoms with Crippen molar-refractivity contribution >= 4 is 53.6 Å². The molecule has 0 atom stereocenters. The third-order valence-electron chi connectivity index (χ3n) is 4.61. The first kappa shape index (κ1) is 14.5. The molecule has 0 unspecified atom stereocenters. The van der Waals surface area contributed by atoms with Gasteiger partial charge >= 0.3 is 0 Å². The Morgan fingerprint density at radius 2 is 1.36 bits per heavy atom. The van der Waals surface area contributed by atoms with E-state index in [9.17, 15) is 13.0 Å². The molecule has 5 rings (SSSR count). The van der Waals surface area contributed by atoms with E-state index in [2.05, 4.69) is 0 Å². The predicted octanol–water partition coefficient (Wildman–Crippen LogP) is 5.14. The van der Waals surface area contributed by atoms with Gasteiger partial charge in [0.2, 0.25) is 0 Å². The van der Waals surface area contributed by atoms with E-state index in [1.54, 1.807) is 12.1 Å². The van der Waals surface area contributed by atoms with Crippen molar-refractivity contribution in [1.29, 1.82) is 0 Å². The topological polar surface area (TPSA) is 67.5 Å². The summed E-state index contributed by atoms with van der Waals surface area (Å²) < 4.78 is 39.2. The third kappa shape index (κ3) is 2.00. The summed E-state index contributed by atoms with van der Waals surface area (Å²) in [6, 6.07) is 20.4. The highest BCUT2D eigenvalue weighted by atomic mass is 32.2. The Hall–Kier alpha value is -2.89. The minimum atomic E-state index is -4.36. The van der Waals surface area contributed by atoms with Crippen LogP contribution in [0.15, 0.2) is 76.0 Å². The minimum absolute atomic E-state index is 0.140. The van der Waals surface area contributed by atoms with Crippen molar-refractivity contribution in [2.45, 2.75) is 4.90 Å². The summed E-state index contributed by atoms with van der Waals surface area (Å²) in [5, 5.41) is 5.15. The Kier molecular flexibility index (Phi) is 2.78. The molecule has 1 heterocycles. The van der Waals surface area contributed by atoms with Crippen molar-refractivity contribution in [3.63, 3.8) is 0 Å². The van der Waals surface area contributed by atoms with Gasteiger partial charge in [-0.05, 0) is 22.2 Å². The quantitative estimate of drug-likeness (QED) is 0.426. The second kappa shape index (κ2) is 4.81. The molecule has 0 radical (unpaired) electrons. The van der Waals surface area contributed by atoms with Gasteiger partial charge in [-0.25, -0.2) is 0 Å². The molecule has 25 heavy (non-hydrogen) atoms. The average molecular weight is 348 g/mol. The Morgan fingerprint density at radius 1 is 0.720 bits per heavy atom. The molecule has 0 saturated carbocycles. The number of rotatable bonds is 1. The van der Waals surface area contributed by atoms with E-state index in [1.165, 1.54) is 6.07 Å². The first-order valence-corrected chi connectivity index (χ1v) is 9.21. The van der Waals surface area contributed by atoms with E-state index in [0.29, 0.717) is 16.6 Å². The fourth-order valence-electron chi connectivity index (χ4n) is 3.58. The second-order valence-electron chi connectivity index (χ2n) is 6.03. The summed E-state index contributed by atoms with van der Waals surface area (Å²) in [4.78, 5) is -0.140. The molecule has 5 aromatic rings. The summed E-state index contributed by atoms with van der Waals surface area (Å²) in [6.45, 7) is 0. The highest BCUT2D eigenvalue weighted by Crippen LogP contribution is 2.40. The lowest BCUT2D eigenvalue weighted by molar-refractivity contribution is 0.484. The van der Waals surface area contributed by atoms with Crippen molar-refractivity contribution in [1.82, 2.24) is 0 Å². The molecule has 0 bridgehead atoms. The smallest absolute Gasteiger partial charge is 0.295 e. The van der Waals surface area contributed by atoms with E-state index < -0.39 is 10.1 Å². The van der Waals surface area contributed by atoms with Gasteiger partial charge in [-0.2, -0.15) is 8.42 Å². The molecule has 0 aliphatic heterocycles. The maximum atomic E-state index is 11.8. The van der Waals surface area contributed by atoms with Gasteiger partial charge in [0.1, 0.15) is 16.1 Å². The molecule has 0 spiro atoms. The molecule has 1 aromatic heterocycles. The number of hydrogen-bond acceptors (Lipinski definition) is 3. The van der Waals surface area contributed by atoms with Gasteiger partial charge in [0.15, 0.2) is 0 Å². The van der Waals surface area contributed by atoms with Gasteiger partial charge < -0.3 is 4.42 Å². The second-order valence-corrected chi connectivity index (χ2v) is 7.42. The third-order valence-corrected chi connectivity index (χ3v) is 5.50. The lowest BCUT2D eigenvalue weighted by atomic mass is 10.00. The fraction of sp³-hybridized carbons (Fsp3) is 0. The van der Waals surface area contributed by atoms with Crippen LogP contribution in [0.2, 0.25) is 0 Å².